The first-order valence-electron chi connectivity index (χ1n) is 14.4. The number of allylic oxidation sites excluding steroid dienone is 4. The lowest BCUT2D eigenvalue weighted by Gasteiger charge is -2.15. The number of aliphatic hydroxyl groups excluding tert-OH is 1. The number of carbonyl (C=O) groups is 1. The van der Waals surface area contributed by atoms with E-state index in [1.807, 2.05) is 91.0 Å². The van der Waals surface area contributed by atoms with E-state index in [-0.39, 0.29) is 17.1 Å². The van der Waals surface area contributed by atoms with E-state index in [1.54, 1.807) is 12.1 Å². The van der Waals surface area contributed by atoms with Crippen molar-refractivity contribution < 1.29 is 9.90 Å². The Labute approximate surface area is 250 Å². The van der Waals surface area contributed by atoms with Gasteiger partial charge in [0.1, 0.15) is 5.76 Å². The number of rotatable bonds is 7. The van der Waals surface area contributed by atoms with Crippen molar-refractivity contribution in [3.8, 4) is 0 Å². The van der Waals surface area contributed by atoms with Crippen LogP contribution in [0, 0.1) is 0 Å². The smallest absolute Gasteiger partial charge is 0.197 e. The zero-order valence-corrected chi connectivity index (χ0v) is 23.4. The topological polar surface area (TPSA) is 37.3 Å². The molecule has 0 bridgehead atoms. The van der Waals surface area contributed by atoms with Gasteiger partial charge in [-0.1, -0.05) is 164 Å². The van der Waals surface area contributed by atoms with Crippen molar-refractivity contribution in [3.63, 3.8) is 0 Å². The third-order valence-electron chi connectivity index (χ3n) is 8.00. The number of hydrogen-bond donors (Lipinski definition) is 1. The Morgan fingerprint density at radius 3 is 1.70 bits per heavy atom. The second-order valence-corrected chi connectivity index (χ2v) is 10.6. The summed E-state index contributed by atoms with van der Waals surface area (Å²) in [5.74, 6) is -0.297. The van der Waals surface area contributed by atoms with Crippen LogP contribution >= 0.6 is 0 Å². The molecule has 7 rings (SSSR count). The first-order valence-corrected chi connectivity index (χ1v) is 14.4. The van der Waals surface area contributed by atoms with Gasteiger partial charge in [-0.15, -0.1) is 0 Å². The van der Waals surface area contributed by atoms with Gasteiger partial charge in [0.05, 0.1) is 5.57 Å². The van der Waals surface area contributed by atoms with Gasteiger partial charge < -0.3 is 5.11 Å². The van der Waals surface area contributed by atoms with Crippen LogP contribution in [0.15, 0.2) is 163 Å². The lowest BCUT2D eigenvalue weighted by Crippen LogP contribution is -2.09. The van der Waals surface area contributed by atoms with Crippen LogP contribution in [0.3, 0.4) is 0 Å². The van der Waals surface area contributed by atoms with Crippen molar-refractivity contribution >= 4 is 55.5 Å². The minimum atomic E-state index is -0.242. The Balaban J connectivity index is 1.41. The van der Waals surface area contributed by atoms with E-state index in [0.717, 1.165) is 11.1 Å². The van der Waals surface area contributed by atoms with Gasteiger partial charge in [0, 0.05) is 11.1 Å². The van der Waals surface area contributed by atoms with Crippen molar-refractivity contribution in [1.29, 1.82) is 0 Å². The zero-order valence-electron chi connectivity index (χ0n) is 23.4. The summed E-state index contributed by atoms with van der Waals surface area (Å²) >= 11 is 0. The molecule has 0 radical (unpaired) electrons. The number of aliphatic hydroxyl groups is 1. The molecule has 0 aliphatic carbocycles. The summed E-state index contributed by atoms with van der Waals surface area (Å²) in [4.78, 5) is 14.1. The number of Topliss-reactive ketones (excluding diaryl/α,β-unsaturated/α-hetero) is 1. The second-order valence-electron chi connectivity index (χ2n) is 10.6. The highest BCUT2D eigenvalue weighted by Crippen LogP contribution is 2.37. The van der Waals surface area contributed by atoms with Crippen LogP contribution in [0.4, 0.5) is 0 Å². The normalized spacial score (nSPS) is 12.8. The van der Waals surface area contributed by atoms with E-state index in [0.29, 0.717) is 16.7 Å². The number of ketones is 1. The minimum absolute atomic E-state index is 0.0549. The molecule has 0 atom stereocenters. The average molecular weight is 553 g/mol. The highest BCUT2D eigenvalue weighted by molar-refractivity contribution is 6.24. The van der Waals surface area contributed by atoms with E-state index in [1.165, 1.54) is 32.3 Å². The van der Waals surface area contributed by atoms with Crippen LogP contribution in [-0.2, 0) is 0 Å². The first-order chi connectivity index (χ1) is 21.2. The maximum absolute atomic E-state index is 14.1. The summed E-state index contributed by atoms with van der Waals surface area (Å²) < 4.78 is 0. The summed E-state index contributed by atoms with van der Waals surface area (Å²) in [6, 6.07) is 47.6. The summed E-state index contributed by atoms with van der Waals surface area (Å²) in [7, 11) is 0. The van der Waals surface area contributed by atoms with Crippen molar-refractivity contribution in [1.82, 2.24) is 0 Å². The largest absolute Gasteiger partial charge is 0.507 e. The average Bonchev–Trinajstić information content (AvgIpc) is 3.08. The maximum atomic E-state index is 14.1. The molecule has 0 aliphatic rings. The summed E-state index contributed by atoms with van der Waals surface area (Å²) in [6.45, 7) is 0. The zero-order chi connectivity index (χ0) is 29.2. The van der Waals surface area contributed by atoms with Gasteiger partial charge >= 0.3 is 0 Å². The molecule has 2 heteroatoms. The van der Waals surface area contributed by atoms with E-state index < -0.39 is 0 Å². The van der Waals surface area contributed by atoms with Gasteiger partial charge in [-0.3, -0.25) is 4.79 Å². The Morgan fingerprint density at radius 2 is 1.05 bits per heavy atom. The summed E-state index contributed by atoms with van der Waals surface area (Å²) in [5.41, 5.74) is 3.91. The predicted molar refractivity (Wildman–Crippen MR) is 180 cm³/mol. The third kappa shape index (κ3) is 4.90. The molecule has 7 aromatic rings. The van der Waals surface area contributed by atoms with E-state index in [4.69, 9.17) is 0 Å². The molecule has 0 aromatic heterocycles. The molecule has 7 aromatic carbocycles. The van der Waals surface area contributed by atoms with E-state index in [2.05, 4.69) is 60.7 Å². The Hall–Kier alpha value is -5.73. The maximum Gasteiger partial charge on any atom is 0.197 e. The Kier molecular flexibility index (Phi) is 6.86. The molecular weight excluding hydrogens is 524 g/mol. The summed E-state index contributed by atoms with van der Waals surface area (Å²) in [6.07, 6.45) is 5.99. The molecule has 0 aliphatic heterocycles. The van der Waals surface area contributed by atoms with Crippen molar-refractivity contribution in [2.75, 3.05) is 0 Å². The standard InChI is InChI=1S/C41H28O2/c42-40(33-14-6-2-7-15-33)39(41(43)34-16-8-3-9-17-34)35(28-12-4-1-5-13-28)21-11-18-29-22-23-32-25-24-30-19-10-20-31-26-27-36(29)38(32)37(30)31/h1-27,42H/b18-11+,35-21-,40-39+. The monoisotopic (exact) mass is 552 g/mol. The van der Waals surface area contributed by atoms with Crippen LogP contribution in [-0.4, -0.2) is 10.9 Å². The molecule has 1 N–H and O–H groups in total. The van der Waals surface area contributed by atoms with Crippen LogP contribution in [0.5, 0.6) is 0 Å². The number of benzene rings is 7. The van der Waals surface area contributed by atoms with Crippen molar-refractivity contribution in [2.24, 2.45) is 0 Å². The molecule has 0 saturated heterocycles. The van der Waals surface area contributed by atoms with Gasteiger partial charge in [-0.25, -0.2) is 0 Å². The van der Waals surface area contributed by atoms with Crippen molar-refractivity contribution in [3.05, 3.63) is 186 Å². The van der Waals surface area contributed by atoms with E-state index >= 15 is 0 Å². The highest BCUT2D eigenvalue weighted by Gasteiger charge is 2.23. The SMILES string of the molecule is O=C(C(/C(=C\C=C\c1ccc2ccc3cccc4ccc1c2c34)c1ccccc1)=C(/O)c1ccccc1)c1ccccc1. The number of hydrogen-bond acceptors (Lipinski definition) is 2. The van der Waals surface area contributed by atoms with Crippen LogP contribution in [0.25, 0.3) is 49.7 Å². The molecule has 204 valence electrons. The highest BCUT2D eigenvalue weighted by atomic mass is 16.3. The van der Waals surface area contributed by atoms with Gasteiger partial charge in [0.2, 0.25) is 0 Å². The molecule has 0 heterocycles. The fourth-order valence-corrected chi connectivity index (χ4v) is 5.92. The minimum Gasteiger partial charge on any atom is -0.507 e. The van der Waals surface area contributed by atoms with Gasteiger partial charge in [-0.05, 0) is 49.0 Å². The molecule has 0 fully saturated rings. The second kappa shape index (κ2) is 11.3. The molecule has 0 spiro atoms. The van der Waals surface area contributed by atoms with Gasteiger partial charge in [0.25, 0.3) is 0 Å². The van der Waals surface area contributed by atoms with E-state index in [9.17, 15) is 9.90 Å². The van der Waals surface area contributed by atoms with Crippen molar-refractivity contribution in [2.45, 2.75) is 0 Å². The fraction of sp³-hybridized carbons (Fsp3) is 0. The molecular formula is C41H28O2. The fourth-order valence-electron chi connectivity index (χ4n) is 5.92. The van der Waals surface area contributed by atoms with Gasteiger partial charge in [-0.2, -0.15) is 0 Å². The molecule has 0 amide bonds. The molecule has 2 nitrogen and oxygen atoms in total. The molecule has 43 heavy (non-hydrogen) atoms. The quantitative estimate of drug-likeness (QED) is 0.0702. The Morgan fingerprint density at radius 1 is 0.512 bits per heavy atom. The lowest BCUT2D eigenvalue weighted by molar-refractivity contribution is 0.103. The van der Waals surface area contributed by atoms with Gasteiger partial charge in [0.15, 0.2) is 5.78 Å². The first kappa shape index (κ1) is 26.2. The third-order valence-corrected chi connectivity index (χ3v) is 8.00. The lowest BCUT2D eigenvalue weighted by atomic mass is 9.88. The predicted octanol–water partition coefficient (Wildman–Crippen LogP) is 10.5. The molecule has 0 saturated carbocycles. The number of carbonyl (C=O) groups excluding carboxylic acids is 1. The Bertz CT molecular complexity index is 2150. The van der Waals surface area contributed by atoms with Crippen LogP contribution < -0.4 is 0 Å². The van der Waals surface area contributed by atoms with Crippen LogP contribution in [0.2, 0.25) is 0 Å². The molecule has 0 unspecified atom stereocenters. The van der Waals surface area contributed by atoms with Crippen LogP contribution in [0.1, 0.15) is 27.0 Å². The summed E-state index contributed by atoms with van der Waals surface area (Å²) in [5, 5.41) is 19.0.